The minimum atomic E-state index is -4.57. The van der Waals surface area contributed by atoms with Gasteiger partial charge in [0, 0.05) is 30.5 Å². The summed E-state index contributed by atoms with van der Waals surface area (Å²) in [7, 11) is 1.77. The van der Waals surface area contributed by atoms with Gasteiger partial charge in [-0.15, -0.1) is 0 Å². The van der Waals surface area contributed by atoms with Crippen molar-refractivity contribution in [3.8, 4) is 0 Å². The average Bonchev–Trinajstić information content (AvgIpc) is 3.19. The molecule has 0 atom stereocenters. The number of H-pyrrole nitrogens is 1. The molecule has 3 N–H and O–H groups in total. The largest absolute Gasteiger partial charge is 0.449 e. The van der Waals surface area contributed by atoms with E-state index in [0.29, 0.717) is 12.1 Å². The summed E-state index contributed by atoms with van der Waals surface area (Å²) >= 11 is 6.25. The van der Waals surface area contributed by atoms with Crippen LogP contribution in [0.25, 0.3) is 11.0 Å². The summed E-state index contributed by atoms with van der Waals surface area (Å²) in [5, 5.41) is 6.38. The van der Waals surface area contributed by atoms with Crippen molar-refractivity contribution in [2.75, 3.05) is 22.6 Å². The number of halogens is 4. The fourth-order valence-electron chi connectivity index (χ4n) is 3.93. The van der Waals surface area contributed by atoms with Crippen molar-refractivity contribution in [2.45, 2.75) is 25.4 Å². The highest BCUT2D eigenvalue weighted by Gasteiger charge is 2.34. The Morgan fingerprint density at radius 1 is 1.06 bits per heavy atom. The Bertz CT molecular complexity index is 1440. The minimum absolute atomic E-state index is 0.0872. The number of aromatic nitrogens is 4. The van der Waals surface area contributed by atoms with Crippen LogP contribution >= 0.6 is 11.6 Å². The van der Waals surface area contributed by atoms with Gasteiger partial charge in [0.05, 0.1) is 17.2 Å². The van der Waals surface area contributed by atoms with Crippen molar-refractivity contribution in [1.29, 1.82) is 0 Å². The molecular weight excluding hydrogens is 483 g/mol. The third-order valence-corrected chi connectivity index (χ3v) is 5.94. The number of hydrogen-bond acceptors (Lipinski definition) is 6. The maximum absolute atomic E-state index is 12.9. The van der Waals surface area contributed by atoms with Gasteiger partial charge in [-0.05, 0) is 54.8 Å². The number of aromatic amines is 1. The van der Waals surface area contributed by atoms with Crippen LogP contribution in [0.5, 0.6) is 0 Å². The maximum Gasteiger partial charge on any atom is 0.449 e. The highest BCUT2D eigenvalue weighted by Crippen LogP contribution is 2.32. The number of anilines is 5. The lowest BCUT2D eigenvalue weighted by atomic mass is 10.1. The molecule has 0 aliphatic carbocycles. The number of alkyl halides is 3. The van der Waals surface area contributed by atoms with Crippen molar-refractivity contribution in [2.24, 2.45) is 0 Å². The third-order valence-electron chi connectivity index (χ3n) is 5.67. The summed E-state index contributed by atoms with van der Waals surface area (Å²) in [5.74, 6) is -0.423. The second-order valence-corrected chi connectivity index (χ2v) is 8.51. The molecule has 0 bridgehead atoms. The van der Waals surface area contributed by atoms with Gasteiger partial charge in [0.1, 0.15) is 5.02 Å². The molecular formula is C23H19ClF3N7O. The predicted molar refractivity (Wildman–Crippen MR) is 127 cm³/mol. The van der Waals surface area contributed by atoms with E-state index in [4.69, 9.17) is 11.6 Å². The molecule has 5 rings (SSSR count). The van der Waals surface area contributed by atoms with Crippen LogP contribution in [0.15, 0.2) is 42.6 Å². The molecule has 35 heavy (non-hydrogen) atoms. The normalized spacial score (nSPS) is 14.1. The Labute approximate surface area is 202 Å². The summed E-state index contributed by atoms with van der Waals surface area (Å²) < 4.78 is 38.8. The summed E-state index contributed by atoms with van der Waals surface area (Å²) in [5.41, 5.74) is 3.55. The van der Waals surface area contributed by atoms with E-state index in [1.54, 1.807) is 18.0 Å². The van der Waals surface area contributed by atoms with Crippen LogP contribution in [0, 0.1) is 0 Å². The fraction of sp³-hybridized carbons (Fsp3) is 0.217. The third kappa shape index (κ3) is 4.72. The Morgan fingerprint density at radius 3 is 2.63 bits per heavy atom. The van der Waals surface area contributed by atoms with Gasteiger partial charge in [-0.2, -0.15) is 18.2 Å². The first-order valence-electron chi connectivity index (χ1n) is 10.7. The van der Waals surface area contributed by atoms with Crippen LogP contribution in [0.4, 0.5) is 42.0 Å². The van der Waals surface area contributed by atoms with Crippen molar-refractivity contribution < 1.29 is 18.0 Å². The SMILES string of the molecule is CN1C(=O)CCCc2cc(Nc3ncc(Cl)c(Nc4ccc5nc(C(F)(F)F)[nH]c5c4)n3)ccc21. The summed E-state index contributed by atoms with van der Waals surface area (Å²) in [4.78, 5) is 28.2. The highest BCUT2D eigenvalue weighted by atomic mass is 35.5. The number of carbonyl (C=O) groups excluding carboxylic acids is 1. The van der Waals surface area contributed by atoms with E-state index in [1.165, 1.54) is 18.3 Å². The van der Waals surface area contributed by atoms with Gasteiger partial charge in [-0.3, -0.25) is 4.79 Å². The molecule has 1 aliphatic rings. The quantitative estimate of drug-likeness (QED) is 0.326. The number of nitrogens with one attached hydrogen (secondary N) is 3. The standard InChI is InChI=1S/C23H19ClF3N7O/c1-34-18-8-6-13(9-12(18)3-2-4-19(34)35)30-22-28-11-15(24)20(33-22)29-14-5-7-16-17(10-14)32-21(31-16)23(25,26)27/h5-11H,2-4H2,1H3,(H,31,32)(H2,28,29,30,33). The predicted octanol–water partition coefficient (Wildman–Crippen LogP) is 5.81. The van der Waals surface area contributed by atoms with E-state index in [9.17, 15) is 18.0 Å². The zero-order valence-electron chi connectivity index (χ0n) is 18.4. The van der Waals surface area contributed by atoms with Gasteiger partial charge in [0.25, 0.3) is 0 Å². The molecule has 3 heterocycles. The zero-order valence-corrected chi connectivity index (χ0v) is 19.1. The van der Waals surface area contributed by atoms with Crippen LogP contribution in [0.3, 0.4) is 0 Å². The summed E-state index contributed by atoms with van der Waals surface area (Å²) in [6, 6.07) is 10.2. The Hall–Kier alpha value is -3.86. The van der Waals surface area contributed by atoms with Crippen molar-refractivity contribution >= 4 is 57.4 Å². The lowest BCUT2D eigenvalue weighted by molar-refractivity contribution is -0.144. The smallest absolute Gasteiger partial charge is 0.339 e. The van der Waals surface area contributed by atoms with E-state index in [-0.39, 0.29) is 33.7 Å². The molecule has 1 amide bonds. The number of hydrogen-bond donors (Lipinski definition) is 3. The van der Waals surface area contributed by atoms with Gasteiger partial charge in [-0.25, -0.2) is 9.97 Å². The van der Waals surface area contributed by atoms with Crippen molar-refractivity contribution in [3.63, 3.8) is 0 Å². The van der Waals surface area contributed by atoms with Crippen LogP contribution in [-0.4, -0.2) is 32.9 Å². The molecule has 0 unspecified atom stereocenters. The molecule has 0 radical (unpaired) electrons. The van der Waals surface area contributed by atoms with Gasteiger partial charge in [-0.1, -0.05) is 11.6 Å². The van der Waals surface area contributed by atoms with E-state index in [0.717, 1.165) is 29.8 Å². The van der Waals surface area contributed by atoms with Crippen molar-refractivity contribution in [1.82, 2.24) is 19.9 Å². The van der Waals surface area contributed by atoms with Gasteiger partial charge >= 0.3 is 6.18 Å². The van der Waals surface area contributed by atoms with E-state index in [2.05, 4.69) is 30.6 Å². The lowest BCUT2D eigenvalue weighted by Crippen LogP contribution is -2.24. The number of fused-ring (bicyclic) bond motifs is 2. The molecule has 0 spiro atoms. The first-order valence-corrected chi connectivity index (χ1v) is 11.1. The number of nitrogens with zero attached hydrogens (tertiary/aromatic N) is 4. The average molecular weight is 502 g/mol. The Kier molecular flexibility index (Phi) is 5.72. The molecule has 1 aliphatic heterocycles. The van der Waals surface area contributed by atoms with Crippen molar-refractivity contribution in [3.05, 3.63) is 59.0 Å². The molecule has 2 aromatic carbocycles. The number of aryl methyl sites for hydroxylation is 1. The van der Waals surface area contributed by atoms with Gasteiger partial charge in [0.2, 0.25) is 17.7 Å². The van der Waals surface area contributed by atoms with Gasteiger partial charge in [0.15, 0.2) is 5.82 Å². The van der Waals surface area contributed by atoms with E-state index in [1.807, 2.05) is 18.2 Å². The van der Waals surface area contributed by atoms with E-state index >= 15 is 0 Å². The number of imidazole rings is 1. The van der Waals surface area contributed by atoms with Crippen LogP contribution in [-0.2, 0) is 17.4 Å². The van der Waals surface area contributed by atoms with E-state index < -0.39 is 12.0 Å². The molecule has 8 nitrogen and oxygen atoms in total. The number of amides is 1. The molecule has 0 saturated carbocycles. The molecule has 4 aromatic rings. The monoisotopic (exact) mass is 501 g/mol. The first-order chi connectivity index (χ1) is 16.7. The molecule has 0 saturated heterocycles. The van der Waals surface area contributed by atoms with Crippen LogP contribution in [0.1, 0.15) is 24.2 Å². The second kappa shape index (κ2) is 8.73. The van der Waals surface area contributed by atoms with Gasteiger partial charge < -0.3 is 20.5 Å². The number of rotatable bonds is 4. The zero-order chi connectivity index (χ0) is 24.7. The minimum Gasteiger partial charge on any atom is -0.339 e. The maximum atomic E-state index is 12.9. The fourth-order valence-corrected chi connectivity index (χ4v) is 4.06. The number of carbonyl (C=O) groups is 1. The summed E-state index contributed by atoms with van der Waals surface area (Å²) in [6.45, 7) is 0. The Morgan fingerprint density at radius 2 is 1.83 bits per heavy atom. The number of benzene rings is 2. The van der Waals surface area contributed by atoms with Crippen LogP contribution < -0.4 is 15.5 Å². The molecule has 2 aromatic heterocycles. The molecule has 180 valence electrons. The highest BCUT2D eigenvalue weighted by molar-refractivity contribution is 6.32. The molecule has 12 heteroatoms. The lowest BCUT2D eigenvalue weighted by Gasteiger charge is -2.18. The van der Waals surface area contributed by atoms with Crippen LogP contribution in [0.2, 0.25) is 5.02 Å². The Balaban J connectivity index is 1.38. The summed E-state index contributed by atoms with van der Waals surface area (Å²) in [6.07, 6.45) is -1.09. The molecule has 0 fully saturated rings. The first kappa shape index (κ1) is 22.9. The second-order valence-electron chi connectivity index (χ2n) is 8.11. The topological polar surface area (TPSA) is 98.8 Å².